The van der Waals surface area contributed by atoms with E-state index in [1.807, 2.05) is 6.92 Å². The summed E-state index contributed by atoms with van der Waals surface area (Å²) in [4.78, 5) is 15.4. The summed E-state index contributed by atoms with van der Waals surface area (Å²) in [5.74, 6) is -0.811. The molecule has 134 valence electrons. The number of ether oxygens (including phenoxy) is 1. The maximum absolute atomic E-state index is 13.0. The molecule has 0 aliphatic carbocycles. The lowest BCUT2D eigenvalue weighted by molar-refractivity contribution is 0.0696. The first-order valence-corrected chi connectivity index (χ1v) is 9.35. The lowest BCUT2D eigenvalue weighted by Gasteiger charge is -2.11. The van der Waals surface area contributed by atoms with Gasteiger partial charge < -0.3 is 14.6 Å². The van der Waals surface area contributed by atoms with Crippen LogP contribution < -0.4 is 9.46 Å². The molecule has 0 saturated carbocycles. The molecule has 5 nitrogen and oxygen atoms in total. The summed E-state index contributed by atoms with van der Waals surface area (Å²) in [7, 11) is 0. The largest absolute Gasteiger partial charge is 0.492 e. The average Bonchev–Trinajstić information content (AvgIpc) is 3.10. The van der Waals surface area contributed by atoms with Crippen molar-refractivity contribution >= 4 is 34.9 Å². The Bertz CT molecular complexity index is 913. The third kappa shape index (κ3) is 4.33. The first-order valence-electron chi connectivity index (χ1n) is 7.71. The Balaban J connectivity index is 1.73. The Labute approximate surface area is 158 Å². The Morgan fingerprint density at radius 1 is 1.31 bits per heavy atom. The van der Waals surface area contributed by atoms with Gasteiger partial charge in [0.15, 0.2) is 0 Å². The van der Waals surface area contributed by atoms with E-state index in [-0.39, 0.29) is 11.4 Å². The van der Waals surface area contributed by atoms with Crippen molar-refractivity contribution in [3.63, 3.8) is 0 Å². The first kappa shape index (κ1) is 18.2. The highest BCUT2D eigenvalue weighted by molar-refractivity contribution is 8.02. The van der Waals surface area contributed by atoms with E-state index >= 15 is 0 Å². The van der Waals surface area contributed by atoms with Crippen molar-refractivity contribution in [1.82, 2.24) is 4.98 Å². The van der Waals surface area contributed by atoms with Crippen LogP contribution >= 0.6 is 23.3 Å². The van der Waals surface area contributed by atoms with Crippen LogP contribution in [0.1, 0.15) is 17.3 Å². The van der Waals surface area contributed by atoms with Gasteiger partial charge in [0.05, 0.1) is 24.1 Å². The molecule has 0 atom stereocenters. The van der Waals surface area contributed by atoms with Crippen LogP contribution in [0.2, 0.25) is 0 Å². The van der Waals surface area contributed by atoms with Gasteiger partial charge in [0.1, 0.15) is 20.8 Å². The van der Waals surface area contributed by atoms with Crippen molar-refractivity contribution in [2.75, 3.05) is 11.3 Å². The number of carbonyl (C=O) groups is 1. The summed E-state index contributed by atoms with van der Waals surface area (Å²) in [6.07, 6.45) is 1.73. The number of rotatable bonds is 7. The molecule has 0 unspecified atom stereocenters. The number of thiazole rings is 1. The minimum atomic E-state index is -1.00. The van der Waals surface area contributed by atoms with Gasteiger partial charge in [-0.1, -0.05) is 0 Å². The van der Waals surface area contributed by atoms with E-state index in [1.54, 1.807) is 24.4 Å². The van der Waals surface area contributed by atoms with Gasteiger partial charge in [-0.3, -0.25) is 0 Å². The lowest BCUT2D eigenvalue weighted by Crippen LogP contribution is -2.01. The number of halogens is 1. The van der Waals surface area contributed by atoms with Crippen molar-refractivity contribution in [2.24, 2.45) is 0 Å². The molecular formula is C18H15FN2O3S2. The fourth-order valence-electron chi connectivity index (χ4n) is 2.15. The van der Waals surface area contributed by atoms with Crippen LogP contribution in [-0.2, 0) is 0 Å². The molecule has 3 rings (SSSR count). The van der Waals surface area contributed by atoms with E-state index in [1.165, 1.54) is 47.6 Å². The summed E-state index contributed by atoms with van der Waals surface area (Å²) >= 11 is 2.82. The Morgan fingerprint density at radius 2 is 2.08 bits per heavy atom. The van der Waals surface area contributed by atoms with Gasteiger partial charge in [0.25, 0.3) is 0 Å². The number of carboxylic acid groups (broad SMARTS) is 1. The van der Waals surface area contributed by atoms with Crippen molar-refractivity contribution in [1.29, 1.82) is 0 Å². The normalized spacial score (nSPS) is 10.5. The van der Waals surface area contributed by atoms with E-state index in [0.717, 1.165) is 14.8 Å². The smallest absolute Gasteiger partial charge is 0.335 e. The molecule has 2 aromatic carbocycles. The number of anilines is 1. The second-order valence-corrected chi connectivity index (χ2v) is 7.28. The second kappa shape index (κ2) is 8.20. The number of nitrogens with one attached hydrogen (secondary N) is 1. The highest BCUT2D eigenvalue weighted by Gasteiger charge is 2.11. The molecule has 0 amide bonds. The topological polar surface area (TPSA) is 71.5 Å². The minimum Gasteiger partial charge on any atom is -0.492 e. The average molecular weight is 390 g/mol. The van der Waals surface area contributed by atoms with Crippen LogP contribution in [0.15, 0.2) is 52.9 Å². The zero-order valence-corrected chi connectivity index (χ0v) is 15.4. The summed E-state index contributed by atoms with van der Waals surface area (Å²) in [5, 5.41) is 9.89. The van der Waals surface area contributed by atoms with Gasteiger partial charge in [-0.2, -0.15) is 0 Å². The molecule has 26 heavy (non-hydrogen) atoms. The molecule has 2 N–H and O–H groups in total. The lowest BCUT2D eigenvalue weighted by atomic mass is 10.2. The number of benzene rings is 2. The first-order chi connectivity index (χ1) is 12.6. The maximum Gasteiger partial charge on any atom is 0.335 e. The molecule has 3 aromatic rings. The summed E-state index contributed by atoms with van der Waals surface area (Å²) in [5.41, 5.74) is 1.70. The van der Waals surface area contributed by atoms with Crippen LogP contribution in [0.3, 0.4) is 0 Å². The highest BCUT2D eigenvalue weighted by atomic mass is 32.2. The highest BCUT2D eigenvalue weighted by Crippen LogP contribution is 2.35. The van der Waals surface area contributed by atoms with E-state index in [2.05, 4.69) is 9.71 Å². The van der Waals surface area contributed by atoms with Crippen molar-refractivity contribution in [3.8, 4) is 16.3 Å². The van der Waals surface area contributed by atoms with Crippen molar-refractivity contribution in [2.45, 2.75) is 11.1 Å². The number of aromatic carboxylic acids is 1. The zero-order valence-electron chi connectivity index (χ0n) is 13.7. The summed E-state index contributed by atoms with van der Waals surface area (Å²) < 4.78 is 22.6. The number of nitrogens with zero attached hydrogens (tertiary/aromatic N) is 1. The molecule has 0 aliphatic heterocycles. The van der Waals surface area contributed by atoms with Gasteiger partial charge in [0, 0.05) is 5.56 Å². The molecule has 0 bridgehead atoms. The predicted octanol–water partition coefficient (Wildman–Crippen LogP) is 5.17. The Morgan fingerprint density at radius 3 is 2.77 bits per heavy atom. The summed E-state index contributed by atoms with van der Waals surface area (Å²) in [6.45, 7) is 2.26. The van der Waals surface area contributed by atoms with E-state index < -0.39 is 5.97 Å². The number of hydrogen-bond donors (Lipinski definition) is 2. The predicted molar refractivity (Wildman–Crippen MR) is 102 cm³/mol. The Kier molecular flexibility index (Phi) is 5.75. The number of aromatic nitrogens is 1. The van der Waals surface area contributed by atoms with Crippen LogP contribution in [0.25, 0.3) is 10.6 Å². The Hall–Kier alpha value is -2.58. The second-order valence-electron chi connectivity index (χ2n) is 5.14. The fourth-order valence-corrected chi connectivity index (χ4v) is 3.82. The van der Waals surface area contributed by atoms with Crippen LogP contribution in [0.5, 0.6) is 5.75 Å². The van der Waals surface area contributed by atoms with E-state index in [9.17, 15) is 9.18 Å². The fraction of sp³-hybridized carbons (Fsp3) is 0.111. The van der Waals surface area contributed by atoms with Gasteiger partial charge in [0.2, 0.25) is 0 Å². The minimum absolute atomic E-state index is 0.167. The van der Waals surface area contributed by atoms with Crippen molar-refractivity contribution in [3.05, 3.63) is 60.0 Å². The quantitative estimate of drug-likeness (QED) is 0.543. The third-order valence-electron chi connectivity index (χ3n) is 3.37. The molecule has 0 radical (unpaired) electrons. The molecule has 0 fully saturated rings. The van der Waals surface area contributed by atoms with Gasteiger partial charge in [-0.25, -0.2) is 14.2 Å². The van der Waals surface area contributed by atoms with Crippen molar-refractivity contribution < 1.29 is 19.0 Å². The number of carboxylic acids is 1. The summed E-state index contributed by atoms with van der Waals surface area (Å²) in [6, 6.07) is 10.9. The van der Waals surface area contributed by atoms with Gasteiger partial charge >= 0.3 is 5.97 Å². The molecule has 0 aliphatic rings. The van der Waals surface area contributed by atoms with Gasteiger partial charge in [-0.15, -0.1) is 11.3 Å². The van der Waals surface area contributed by atoms with E-state index in [0.29, 0.717) is 18.0 Å². The van der Waals surface area contributed by atoms with Crippen LogP contribution in [-0.4, -0.2) is 22.7 Å². The molecule has 8 heteroatoms. The standard InChI is InChI=1S/C18H15FN2O3S2/c1-2-24-15-9-12(18(22)23)5-8-14(15)21-26-16-10-20-17(25-16)11-3-6-13(19)7-4-11/h3-10,21H,2H2,1H3,(H,22,23). The molecule has 0 saturated heterocycles. The SMILES string of the molecule is CCOc1cc(C(=O)O)ccc1NSc1cnc(-c2ccc(F)cc2)s1. The zero-order chi connectivity index (χ0) is 18.5. The van der Waals surface area contributed by atoms with E-state index in [4.69, 9.17) is 9.84 Å². The van der Waals surface area contributed by atoms with Crippen LogP contribution in [0.4, 0.5) is 10.1 Å². The molecule has 1 aromatic heterocycles. The number of hydrogen-bond acceptors (Lipinski definition) is 6. The maximum atomic E-state index is 13.0. The molecule has 1 heterocycles. The molecule has 0 spiro atoms. The third-order valence-corrected chi connectivity index (χ3v) is 5.34. The molecular weight excluding hydrogens is 375 g/mol. The monoisotopic (exact) mass is 390 g/mol. The van der Waals surface area contributed by atoms with Crippen LogP contribution in [0, 0.1) is 5.82 Å². The van der Waals surface area contributed by atoms with Gasteiger partial charge in [-0.05, 0) is 61.3 Å².